The van der Waals surface area contributed by atoms with Gasteiger partial charge in [0.15, 0.2) is 11.6 Å². The lowest BCUT2D eigenvalue weighted by Gasteiger charge is -2.07. The number of fused-ring (bicyclic) bond motifs is 1. The molecule has 124 valence electrons. The van der Waals surface area contributed by atoms with E-state index in [2.05, 4.69) is 4.98 Å². The minimum atomic E-state index is -0.370. The second kappa shape index (κ2) is 7.68. The van der Waals surface area contributed by atoms with Gasteiger partial charge in [-0.1, -0.05) is 23.7 Å². The number of rotatable bonds is 6. The number of hydrogen-bond donors (Lipinski definition) is 0. The third kappa shape index (κ3) is 4.07. The second-order valence-electron chi connectivity index (χ2n) is 4.99. The number of thioether (sulfide) groups is 1. The van der Waals surface area contributed by atoms with Gasteiger partial charge in [-0.05, 0) is 24.3 Å². The fourth-order valence-electron chi connectivity index (χ4n) is 2.15. The van der Waals surface area contributed by atoms with Crippen LogP contribution in [0.1, 0.15) is 5.69 Å². The Labute approximate surface area is 147 Å². The minimum Gasteiger partial charge on any atom is -0.490 e. The zero-order chi connectivity index (χ0) is 16.9. The molecule has 3 rings (SSSR count). The topological polar surface area (TPSA) is 43.6 Å². The van der Waals surface area contributed by atoms with E-state index in [-0.39, 0.29) is 17.1 Å². The predicted octanol–water partition coefficient (Wildman–Crippen LogP) is 3.80. The van der Waals surface area contributed by atoms with Crippen molar-refractivity contribution in [3.63, 3.8) is 0 Å². The highest BCUT2D eigenvalue weighted by Crippen LogP contribution is 2.16. The van der Waals surface area contributed by atoms with Crippen molar-refractivity contribution in [1.29, 1.82) is 0 Å². The number of para-hydroxylation sites is 1. The molecule has 0 fully saturated rings. The first-order valence-corrected chi connectivity index (χ1v) is 8.80. The van der Waals surface area contributed by atoms with Gasteiger partial charge in [0.25, 0.3) is 5.56 Å². The summed E-state index contributed by atoms with van der Waals surface area (Å²) in [6, 6.07) is 11.2. The van der Waals surface area contributed by atoms with Crippen LogP contribution in [0.25, 0.3) is 5.65 Å². The number of hydrogen-bond acceptors (Lipinski definition) is 4. The maximum Gasteiger partial charge on any atom is 0.258 e. The highest BCUT2D eigenvalue weighted by molar-refractivity contribution is 7.98. The van der Waals surface area contributed by atoms with Gasteiger partial charge < -0.3 is 4.74 Å². The van der Waals surface area contributed by atoms with Gasteiger partial charge in [0, 0.05) is 23.8 Å². The van der Waals surface area contributed by atoms with Gasteiger partial charge >= 0.3 is 0 Å². The standard InChI is InChI=1S/C17H14ClFN2O2S/c18-12-5-6-16-20-13(9-17(22)21(16)10-12)11-24-8-7-23-15-4-2-1-3-14(15)19/h1-6,9-10H,7-8,11H2. The molecule has 0 saturated carbocycles. The predicted molar refractivity (Wildman–Crippen MR) is 94.5 cm³/mol. The summed E-state index contributed by atoms with van der Waals surface area (Å²) in [5.41, 5.74) is 1.09. The first kappa shape index (κ1) is 16.8. The summed E-state index contributed by atoms with van der Waals surface area (Å²) in [6.07, 6.45) is 1.55. The van der Waals surface area contributed by atoms with Crippen LogP contribution in [0.5, 0.6) is 5.75 Å². The lowest BCUT2D eigenvalue weighted by molar-refractivity contribution is 0.325. The fraction of sp³-hybridized carbons (Fsp3) is 0.176. The lowest BCUT2D eigenvalue weighted by Crippen LogP contribution is -2.15. The summed E-state index contributed by atoms with van der Waals surface area (Å²) in [5.74, 6) is 1.12. The second-order valence-corrected chi connectivity index (χ2v) is 6.53. The third-order valence-electron chi connectivity index (χ3n) is 3.25. The molecular weight excluding hydrogens is 351 g/mol. The van der Waals surface area contributed by atoms with Crippen molar-refractivity contribution in [3.05, 3.63) is 75.5 Å². The average Bonchev–Trinajstić information content (AvgIpc) is 2.57. The van der Waals surface area contributed by atoms with Crippen LogP contribution in [-0.2, 0) is 5.75 Å². The zero-order valence-corrected chi connectivity index (χ0v) is 14.2. The van der Waals surface area contributed by atoms with E-state index in [0.717, 1.165) is 0 Å². The molecule has 0 atom stereocenters. The van der Waals surface area contributed by atoms with Gasteiger partial charge in [-0.3, -0.25) is 9.20 Å². The van der Waals surface area contributed by atoms with E-state index in [1.54, 1.807) is 48.3 Å². The maximum absolute atomic E-state index is 13.4. The molecule has 0 saturated heterocycles. The van der Waals surface area contributed by atoms with E-state index >= 15 is 0 Å². The van der Waals surface area contributed by atoms with Crippen molar-refractivity contribution >= 4 is 29.0 Å². The van der Waals surface area contributed by atoms with Crippen molar-refractivity contribution in [1.82, 2.24) is 9.38 Å². The molecule has 0 aliphatic carbocycles. The number of pyridine rings is 1. The maximum atomic E-state index is 13.4. The highest BCUT2D eigenvalue weighted by atomic mass is 35.5. The molecule has 0 aliphatic rings. The molecule has 0 aliphatic heterocycles. The number of benzene rings is 1. The molecule has 1 aromatic carbocycles. The summed E-state index contributed by atoms with van der Waals surface area (Å²) in [5, 5.41) is 0.485. The Balaban J connectivity index is 1.55. The largest absolute Gasteiger partial charge is 0.490 e. The van der Waals surface area contributed by atoms with E-state index in [1.807, 2.05) is 0 Å². The van der Waals surface area contributed by atoms with Crippen LogP contribution in [-0.4, -0.2) is 21.7 Å². The Kier molecular flexibility index (Phi) is 5.37. The van der Waals surface area contributed by atoms with Crippen LogP contribution in [0.3, 0.4) is 0 Å². The monoisotopic (exact) mass is 364 g/mol. The normalized spacial score (nSPS) is 10.9. The first-order valence-electron chi connectivity index (χ1n) is 7.26. The Morgan fingerprint density at radius 1 is 1.25 bits per heavy atom. The molecule has 0 radical (unpaired) electrons. The smallest absolute Gasteiger partial charge is 0.258 e. The molecule has 7 heteroatoms. The van der Waals surface area contributed by atoms with Crippen molar-refractivity contribution in [2.45, 2.75) is 5.75 Å². The number of halogens is 2. The lowest BCUT2D eigenvalue weighted by atomic mass is 10.3. The van der Waals surface area contributed by atoms with Crippen molar-refractivity contribution < 1.29 is 9.13 Å². The van der Waals surface area contributed by atoms with Crippen molar-refractivity contribution in [2.24, 2.45) is 0 Å². The van der Waals surface area contributed by atoms with E-state index in [4.69, 9.17) is 16.3 Å². The number of ether oxygens (including phenoxy) is 1. The van der Waals surface area contributed by atoms with E-state index in [1.165, 1.54) is 16.5 Å². The third-order valence-corrected chi connectivity index (χ3v) is 4.43. The van der Waals surface area contributed by atoms with E-state index < -0.39 is 0 Å². The van der Waals surface area contributed by atoms with Crippen LogP contribution >= 0.6 is 23.4 Å². The first-order chi connectivity index (χ1) is 11.6. The van der Waals surface area contributed by atoms with E-state index in [9.17, 15) is 9.18 Å². The van der Waals surface area contributed by atoms with Gasteiger partial charge in [0.05, 0.1) is 17.3 Å². The Hall–Kier alpha value is -2.05. The quantitative estimate of drug-likeness (QED) is 0.624. The molecule has 0 spiro atoms. The molecule has 2 heterocycles. The Morgan fingerprint density at radius 2 is 2.08 bits per heavy atom. The SMILES string of the molecule is O=c1cc(CSCCOc2ccccc2F)nc2ccc(Cl)cn12. The molecule has 0 N–H and O–H groups in total. The van der Waals surface area contributed by atoms with Gasteiger partial charge in [-0.25, -0.2) is 9.37 Å². The molecule has 0 bridgehead atoms. The number of aromatic nitrogens is 2. The van der Waals surface area contributed by atoms with Gasteiger partial charge in [-0.2, -0.15) is 11.8 Å². The summed E-state index contributed by atoms with van der Waals surface area (Å²) in [6.45, 7) is 0.383. The zero-order valence-electron chi connectivity index (χ0n) is 12.6. The molecule has 3 aromatic rings. The number of nitrogens with zero attached hydrogens (tertiary/aromatic N) is 2. The molecule has 0 unspecified atom stereocenters. The Bertz CT molecular complexity index is 916. The molecule has 0 amide bonds. The molecule has 2 aromatic heterocycles. The van der Waals surface area contributed by atoms with Crippen LogP contribution < -0.4 is 10.3 Å². The van der Waals surface area contributed by atoms with Crippen LogP contribution in [0, 0.1) is 5.82 Å². The summed E-state index contributed by atoms with van der Waals surface area (Å²) in [7, 11) is 0. The molecular formula is C17H14ClFN2O2S. The van der Waals surface area contributed by atoms with Gasteiger partial charge in [-0.15, -0.1) is 0 Å². The highest BCUT2D eigenvalue weighted by Gasteiger charge is 2.04. The van der Waals surface area contributed by atoms with E-state index in [0.29, 0.717) is 34.5 Å². The van der Waals surface area contributed by atoms with Crippen LogP contribution in [0.2, 0.25) is 5.02 Å². The molecule has 4 nitrogen and oxygen atoms in total. The van der Waals surface area contributed by atoms with Crippen molar-refractivity contribution in [2.75, 3.05) is 12.4 Å². The van der Waals surface area contributed by atoms with Crippen LogP contribution in [0.15, 0.2) is 53.5 Å². The van der Waals surface area contributed by atoms with Crippen molar-refractivity contribution in [3.8, 4) is 5.75 Å². The minimum absolute atomic E-state index is 0.166. The molecule has 24 heavy (non-hydrogen) atoms. The summed E-state index contributed by atoms with van der Waals surface area (Å²) < 4.78 is 20.2. The van der Waals surface area contributed by atoms with Gasteiger partial charge in [0.2, 0.25) is 0 Å². The summed E-state index contributed by atoms with van der Waals surface area (Å²) >= 11 is 7.45. The average molecular weight is 365 g/mol. The summed E-state index contributed by atoms with van der Waals surface area (Å²) in [4.78, 5) is 16.5. The van der Waals surface area contributed by atoms with Gasteiger partial charge in [0.1, 0.15) is 5.65 Å². The fourth-order valence-corrected chi connectivity index (χ4v) is 3.01. The van der Waals surface area contributed by atoms with Crippen LogP contribution in [0.4, 0.5) is 4.39 Å². The Morgan fingerprint density at radius 3 is 2.92 bits per heavy atom.